The van der Waals surface area contributed by atoms with Gasteiger partial charge in [0, 0.05) is 6.42 Å². The monoisotopic (exact) mass is 219 g/mol. The molecule has 1 aromatic carbocycles. The molecule has 1 rings (SSSR count). The Balaban J connectivity index is 2.75. The molecule has 0 bridgehead atoms. The molecule has 1 atom stereocenters. The molecule has 88 valence electrons. The fourth-order valence-electron chi connectivity index (χ4n) is 1.73. The fraction of sp³-hybridized carbons (Fsp3) is 0.500. The molecule has 0 spiro atoms. The molecule has 1 unspecified atom stereocenters. The molecule has 0 aliphatic rings. The van der Waals surface area contributed by atoms with Gasteiger partial charge in [0.15, 0.2) is 0 Å². The zero-order valence-corrected chi connectivity index (χ0v) is 10.4. The third kappa shape index (κ3) is 4.05. The van der Waals surface area contributed by atoms with E-state index in [0.29, 0.717) is 12.3 Å². The molecule has 1 N–H and O–H groups in total. The second-order valence-electron chi connectivity index (χ2n) is 4.51. The van der Waals surface area contributed by atoms with Crippen LogP contribution in [0.3, 0.4) is 0 Å². The molecule has 0 aromatic heterocycles. The molecular formula is C14H21NO. The van der Waals surface area contributed by atoms with Crippen molar-refractivity contribution in [3.63, 3.8) is 0 Å². The topological polar surface area (TPSA) is 29.1 Å². The lowest BCUT2D eigenvalue weighted by Gasteiger charge is -2.20. The Morgan fingerprint density at radius 3 is 2.38 bits per heavy atom. The molecule has 0 radical (unpaired) electrons. The first-order valence-corrected chi connectivity index (χ1v) is 5.97. The van der Waals surface area contributed by atoms with Crippen molar-refractivity contribution in [3.8, 4) is 0 Å². The Bertz CT molecular complexity index is 319. The van der Waals surface area contributed by atoms with E-state index in [-0.39, 0.29) is 11.9 Å². The number of carbonyl (C=O) groups excluding carboxylic acids is 1. The van der Waals surface area contributed by atoms with Crippen LogP contribution >= 0.6 is 0 Å². The fourth-order valence-corrected chi connectivity index (χ4v) is 1.73. The SMILES string of the molecule is CCC(=O)NC(CC(C)C)c1ccccc1. The van der Waals surface area contributed by atoms with Crippen LogP contribution in [-0.2, 0) is 4.79 Å². The maximum atomic E-state index is 11.5. The first-order valence-electron chi connectivity index (χ1n) is 5.97. The number of hydrogen-bond acceptors (Lipinski definition) is 1. The van der Waals surface area contributed by atoms with E-state index in [1.807, 2.05) is 25.1 Å². The average Bonchev–Trinajstić information content (AvgIpc) is 2.28. The van der Waals surface area contributed by atoms with E-state index in [9.17, 15) is 4.79 Å². The molecule has 0 saturated heterocycles. The molecule has 16 heavy (non-hydrogen) atoms. The third-order valence-corrected chi connectivity index (χ3v) is 2.57. The van der Waals surface area contributed by atoms with E-state index in [1.165, 1.54) is 5.56 Å². The Labute approximate surface area is 98.1 Å². The minimum absolute atomic E-state index is 0.120. The maximum absolute atomic E-state index is 11.5. The van der Waals surface area contributed by atoms with Crippen molar-refractivity contribution >= 4 is 5.91 Å². The van der Waals surface area contributed by atoms with Gasteiger partial charge in [-0.05, 0) is 17.9 Å². The van der Waals surface area contributed by atoms with E-state index >= 15 is 0 Å². The van der Waals surface area contributed by atoms with Gasteiger partial charge < -0.3 is 5.32 Å². The standard InChI is InChI=1S/C14H21NO/c1-4-14(16)15-13(10-11(2)3)12-8-6-5-7-9-12/h5-9,11,13H,4,10H2,1-3H3,(H,15,16). The highest BCUT2D eigenvalue weighted by Gasteiger charge is 2.14. The number of benzene rings is 1. The van der Waals surface area contributed by atoms with Crippen molar-refractivity contribution in [1.29, 1.82) is 0 Å². The quantitative estimate of drug-likeness (QED) is 0.809. The summed E-state index contributed by atoms with van der Waals surface area (Å²) in [5.74, 6) is 0.692. The van der Waals surface area contributed by atoms with Crippen molar-refractivity contribution in [2.24, 2.45) is 5.92 Å². The van der Waals surface area contributed by atoms with E-state index < -0.39 is 0 Å². The minimum atomic E-state index is 0.120. The summed E-state index contributed by atoms with van der Waals surface area (Å²) in [7, 11) is 0. The molecule has 0 heterocycles. The summed E-state index contributed by atoms with van der Waals surface area (Å²) in [4.78, 5) is 11.5. The van der Waals surface area contributed by atoms with Crippen LogP contribution in [0.15, 0.2) is 30.3 Å². The highest BCUT2D eigenvalue weighted by Crippen LogP contribution is 2.20. The summed E-state index contributed by atoms with van der Waals surface area (Å²) in [6, 6.07) is 10.3. The first-order chi connectivity index (χ1) is 7.63. The van der Waals surface area contributed by atoms with Gasteiger partial charge in [0.1, 0.15) is 0 Å². The average molecular weight is 219 g/mol. The Hall–Kier alpha value is -1.31. The number of amides is 1. The van der Waals surface area contributed by atoms with Gasteiger partial charge in [0.05, 0.1) is 6.04 Å². The number of carbonyl (C=O) groups is 1. The molecular weight excluding hydrogens is 198 g/mol. The highest BCUT2D eigenvalue weighted by molar-refractivity contribution is 5.76. The lowest BCUT2D eigenvalue weighted by atomic mass is 9.97. The number of nitrogens with one attached hydrogen (secondary N) is 1. The van der Waals surface area contributed by atoms with Gasteiger partial charge in [0.2, 0.25) is 5.91 Å². The van der Waals surface area contributed by atoms with Crippen molar-refractivity contribution < 1.29 is 4.79 Å². The van der Waals surface area contributed by atoms with Crippen LogP contribution in [0.1, 0.15) is 45.2 Å². The van der Waals surface area contributed by atoms with E-state index in [2.05, 4.69) is 31.3 Å². The van der Waals surface area contributed by atoms with Gasteiger partial charge in [-0.25, -0.2) is 0 Å². The Morgan fingerprint density at radius 2 is 1.88 bits per heavy atom. The summed E-state index contributed by atoms with van der Waals surface area (Å²) in [6.45, 7) is 6.23. The smallest absolute Gasteiger partial charge is 0.220 e. The summed E-state index contributed by atoms with van der Waals surface area (Å²) < 4.78 is 0. The summed E-state index contributed by atoms with van der Waals surface area (Å²) >= 11 is 0. The molecule has 0 aliphatic carbocycles. The van der Waals surface area contributed by atoms with Crippen molar-refractivity contribution in [3.05, 3.63) is 35.9 Å². The number of hydrogen-bond donors (Lipinski definition) is 1. The predicted molar refractivity (Wildman–Crippen MR) is 67.1 cm³/mol. The maximum Gasteiger partial charge on any atom is 0.220 e. The van der Waals surface area contributed by atoms with Crippen LogP contribution in [0.5, 0.6) is 0 Å². The first kappa shape index (κ1) is 12.8. The van der Waals surface area contributed by atoms with Gasteiger partial charge in [-0.15, -0.1) is 0 Å². The van der Waals surface area contributed by atoms with Gasteiger partial charge in [-0.2, -0.15) is 0 Å². The summed E-state index contributed by atoms with van der Waals surface area (Å²) in [6.07, 6.45) is 1.52. The van der Waals surface area contributed by atoms with Crippen LogP contribution in [0.2, 0.25) is 0 Å². The Kier molecular flexibility index (Phi) is 5.03. The molecule has 0 aliphatic heterocycles. The van der Waals surface area contributed by atoms with Crippen LogP contribution < -0.4 is 5.32 Å². The van der Waals surface area contributed by atoms with Crippen LogP contribution in [-0.4, -0.2) is 5.91 Å². The predicted octanol–water partition coefficient (Wildman–Crippen LogP) is 3.30. The van der Waals surface area contributed by atoms with E-state index in [4.69, 9.17) is 0 Å². The van der Waals surface area contributed by atoms with Crippen LogP contribution in [0.25, 0.3) is 0 Å². The molecule has 0 saturated carbocycles. The van der Waals surface area contributed by atoms with Gasteiger partial charge >= 0.3 is 0 Å². The second-order valence-corrected chi connectivity index (χ2v) is 4.51. The molecule has 2 heteroatoms. The highest BCUT2D eigenvalue weighted by atomic mass is 16.1. The van der Waals surface area contributed by atoms with Gasteiger partial charge in [0.25, 0.3) is 0 Å². The van der Waals surface area contributed by atoms with Gasteiger partial charge in [-0.1, -0.05) is 51.1 Å². The van der Waals surface area contributed by atoms with Crippen LogP contribution in [0.4, 0.5) is 0 Å². The molecule has 2 nitrogen and oxygen atoms in total. The van der Waals surface area contributed by atoms with E-state index in [0.717, 1.165) is 6.42 Å². The summed E-state index contributed by atoms with van der Waals surface area (Å²) in [5.41, 5.74) is 1.19. The van der Waals surface area contributed by atoms with Crippen LogP contribution in [0, 0.1) is 5.92 Å². The largest absolute Gasteiger partial charge is 0.349 e. The minimum Gasteiger partial charge on any atom is -0.349 e. The molecule has 1 amide bonds. The normalized spacial score (nSPS) is 12.5. The molecule has 0 fully saturated rings. The number of rotatable bonds is 5. The lowest BCUT2D eigenvalue weighted by molar-refractivity contribution is -0.121. The lowest BCUT2D eigenvalue weighted by Crippen LogP contribution is -2.28. The third-order valence-electron chi connectivity index (χ3n) is 2.57. The van der Waals surface area contributed by atoms with Crippen molar-refractivity contribution in [2.75, 3.05) is 0 Å². The van der Waals surface area contributed by atoms with Crippen molar-refractivity contribution in [1.82, 2.24) is 5.32 Å². The zero-order chi connectivity index (χ0) is 12.0. The molecule has 1 aromatic rings. The van der Waals surface area contributed by atoms with Gasteiger partial charge in [-0.3, -0.25) is 4.79 Å². The zero-order valence-electron chi connectivity index (χ0n) is 10.4. The van der Waals surface area contributed by atoms with Crippen molar-refractivity contribution in [2.45, 2.75) is 39.7 Å². The Morgan fingerprint density at radius 1 is 1.25 bits per heavy atom. The van der Waals surface area contributed by atoms with E-state index in [1.54, 1.807) is 0 Å². The summed E-state index contributed by atoms with van der Waals surface area (Å²) in [5, 5.41) is 3.08. The second kappa shape index (κ2) is 6.31.